The topological polar surface area (TPSA) is 109 Å². The van der Waals surface area contributed by atoms with Gasteiger partial charge in [-0.15, -0.1) is 0 Å². The lowest BCUT2D eigenvalue weighted by Gasteiger charge is -2.17. The van der Waals surface area contributed by atoms with Gasteiger partial charge < -0.3 is 21.1 Å². The summed E-state index contributed by atoms with van der Waals surface area (Å²) in [6, 6.07) is 13.1. The highest BCUT2D eigenvalue weighted by atomic mass is 16.5. The number of nitrogens with one attached hydrogen (secondary N) is 2. The van der Waals surface area contributed by atoms with Gasteiger partial charge in [0.25, 0.3) is 0 Å². The van der Waals surface area contributed by atoms with Crippen molar-refractivity contribution in [2.45, 2.75) is 26.7 Å². The zero-order valence-electron chi connectivity index (χ0n) is 17.1. The predicted molar refractivity (Wildman–Crippen MR) is 117 cm³/mol. The van der Waals surface area contributed by atoms with Crippen LogP contribution in [0, 0.1) is 25.2 Å². The average molecular weight is 400 g/mol. The molecule has 3 aromatic rings. The van der Waals surface area contributed by atoms with Crippen LogP contribution in [0.2, 0.25) is 0 Å². The number of nitriles is 1. The first kappa shape index (κ1) is 19.7. The molecule has 2 aromatic carbocycles. The van der Waals surface area contributed by atoms with E-state index in [0.717, 1.165) is 59.8 Å². The van der Waals surface area contributed by atoms with E-state index >= 15 is 0 Å². The number of nitrogens with zero attached hydrogens (tertiary/aromatic N) is 3. The van der Waals surface area contributed by atoms with Crippen molar-refractivity contribution in [2.75, 3.05) is 24.1 Å². The zero-order chi connectivity index (χ0) is 21.1. The van der Waals surface area contributed by atoms with E-state index < -0.39 is 0 Å². The van der Waals surface area contributed by atoms with Crippen molar-refractivity contribution in [2.24, 2.45) is 0 Å². The van der Waals surface area contributed by atoms with E-state index in [-0.39, 0.29) is 0 Å². The minimum Gasteiger partial charge on any atom is -0.438 e. The number of nitrogens with two attached hydrogens (primary N) is 1. The second kappa shape index (κ2) is 8.39. The fraction of sp³-hybridized carbons (Fsp3) is 0.261. The number of ether oxygens (including phenoxy) is 1. The molecule has 0 aliphatic carbocycles. The number of fused-ring (bicyclic) bond motifs is 1. The quantitative estimate of drug-likeness (QED) is 0.572. The van der Waals surface area contributed by atoms with Gasteiger partial charge in [0.2, 0.25) is 11.8 Å². The fourth-order valence-corrected chi connectivity index (χ4v) is 3.65. The standard InChI is InChI=1S/C23H24N6O/c1-14-11-17(25)12-15(2)21(14)30-22-19-7-9-26-10-8-20(19)28-23(29-22)27-18-5-3-16(13-24)4-6-18/h3-6,11-12,26H,7-10,25H2,1-2H3,(H,27,28,29). The molecular formula is C23H24N6O. The van der Waals surface area contributed by atoms with Crippen LogP contribution in [0.15, 0.2) is 36.4 Å². The molecule has 0 saturated carbocycles. The van der Waals surface area contributed by atoms with Crippen LogP contribution in [0.25, 0.3) is 0 Å². The minimum atomic E-state index is 0.473. The highest BCUT2D eigenvalue weighted by Gasteiger charge is 2.20. The summed E-state index contributed by atoms with van der Waals surface area (Å²) < 4.78 is 6.35. The van der Waals surface area contributed by atoms with E-state index in [2.05, 4.69) is 16.7 Å². The van der Waals surface area contributed by atoms with E-state index in [1.54, 1.807) is 12.1 Å². The third kappa shape index (κ3) is 4.19. The molecule has 0 unspecified atom stereocenters. The van der Waals surface area contributed by atoms with Crippen LogP contribution in [-0.4, -0.2) is 23.1 Å². The lowest BCUT2D eigenvalue weighted by molar-refractivity contribution is 0.448. The minimum absolute atomic E-state index is 0.473. The first-order valence-corrected chi connectivity index (χ1v) is 9.96. The Labute approximate surface area is 175 Å². The van der Waals surface area contributed by atoms with Crippen LogP contribution in [-0.2, 0) is 12.8 Å². The number of rotatable bonds is 4. The molecule has 1 aliphatic heterocycles. The van der Waals surface area contributed by atoms with Crippen molar-refractivity contribution in [3.63, 3.8) is 0 Å². The molecule has 30 heavy (non-hydrogen) atoms. The maximum Gasteiger partial charge on any atom is 0.230 e. The molecule has 0 fully saturated rings. The van der Waals surface area contributed by atoms with Gasteiger partial charge in [0.1, 0.15) is 5.75 Å². The molecule has 0 spiro atoms. The molecule has 152 valence electrons. The fourth-order valence-electron chi connectivity index (χ4n) is 3.65. The Bertz CT molecular complexity index is 1090. The lowest BCUT2D eigenvalue weighted by atomic mass is 10.1. The molecule has 4 rings (SSSR count). The number of benzene rings is 2. The molecule has 0 atom stereocenters. The molecule has 0 saturated heterocycles. The predicted octanol–water partition coefficient (Wildman–Crippen LogP) is 3.77. The van der Waals surface area contributed by atoms with E-state index in [9.17, 15) is 0 Å². The summed E-state index contributed by atoms with van der Waals surface area (Å²) in [5.41, 5.74) is 12.0. The second-order valence-electron chi connectivity index (χ2n) is 7.43. The molecule has 7 heteroatoms. The van der Waals surface area contributed by atoms with E-state index in [1.165, 1.54) is 0 Å². The number of aromatic nitrogens is 2. The molecule has 4 N–H and O–H groups in total. The van der Waals surface area contributed by atoms with Crippen LogP contribution in [0.5, 0.6) is 11.6 Å². The van der Waals surface area contributed by atoms with Crippen molar-refractivity contribution >= 4 is 17.3 Å². The van der Waals surface area contributed by atoms with Crippen molar-refractivity contribution in [3.05, 3.63) is 64.3 Å². The van der Waals surface area contributed by atoms with Gasteiger partial charge in [0, 0.05) is 29.9 Å². The van der Waals surface area contributed by atoms with E-state index in [1.807, 2.05) is 38.1 Å². The number of nitrogen functional groups attached to an aromatic ring is 1. The molecule has 2 heterocycles. The van der Waals surface area contributed by atoms with Crippen LogP contribution >= 0.6 is 0 Å². The van der Waals surface area contributed by atoms with Crippen molar-refractivity contribution in [1.29, 1.82) is 5.26 Å². The Morgan fingerprint density at radius 1 is 1.07 bits per heavy atom. The molecule has 0 amide bonds. The maximum atomic E-state index is 8.99. The zero-order valence-corrected chi connectivity index (χ0v) is 17.1. The highest BCUT2D eigenvalue weighted by molar-refractivity contribution is 5.57. The SMILES string of the molecule is Cc1cc(N)cc(C)c1Oc1nc(Nc2ccc(C#N)cc2)nc2c1CCNCC2. The highest BCUT2D eigenvalue weighted by Crippen LogP contribution is 2.34. The summed E-state index contributed by atoms with van der Waals surface area (Å²) in [5, 5.41) is 15.6. The number of hydrogen-bond donors (Lipinski definition) is 3. The lowest BCUT2D eigenvalue weighted by Crippen LogP contribution is -2.16. The summed E-state index contributed by atoms with van der Waals surface area (Å²) >= 11 is 0. The summed E-state index contributed by atoms with van der Waals surface area (Å²) in [6.45, 7) is 5.68. The molecule has 1 aromatic heterocycles. The van der Waals surface area contributed by atoms with Crippen LogP contribution < -0.4 is 21.1 Å². The van der Waals surface area contributed by atoms with Crippen molar-refractivity contribution in [1.82, 2.24) is 15.3 Å². The summed E-state index contributed by atoms with van der Waals surface area (Å²) in [6.07, 6.45) is 1.60. The van der Waals surface area contributed by atoms with Gasteiger partial charge in [0.05, 0.1) is 17.3 Å². The van der Waals surface area contributed by atoms with E-state index in [4.69, 9.17) is 25.7 Å². The third-order valence-corrected chi connectivity index (χ3v) is 5.10. The summed E-state index contributed by atoms with van der Waals surface area (Å²) in [5.74, 6) is 1.81. The Hall–Kier alpha value is -3.63. The largest absolute Gasteiger partial charge is 0.438 e. The summed E-state index contributed by atoms with van der Waals surface area (Å²) in [4.78, 5) is 9.44. The number of aryl methyl sites for hydroxylation is 2. The van der Waals surface area contributed by atoms with Crippen molar-refractivity contribution < 1.29 is 4.74 Å². The Kier molecular flexibility index (Phi) is 5.50. The van der Waals surface area contributed by atoms with Crippen LogP contribution in [0.4, 0.5) is 17.3 Å². The first-order valence-electron chi connectivity index (χ1n) is 9.96. The average Bonchev–Trinajstić information content (AvgIpc) is 2.97. The van der Waals surface area contributed by atoms with Gasteiger partial charge in [-0.2, -0.15) is 10.2 Å². The van der Waals surface area contributed by atoms with Gasteiger partial charge in [-0.25, -0.2) is 4.98 Å². The van der Waals surface area contributed by atoms with Crippen LogP contribution in [0.3, 0.4) is 0 Å². The van der Waals surface area contributed by atoms with E-state index in [0.29, 0.717) is 23.1 Å². The molecule has 0 radical (unpaired) electrons. The summed E-state index contributed by atoms with van der Waals surface area (Å²) in [7, 11) is 0. The van der Waals surface area contributed by atoms with Gasteiger partial charge in [-0.05, 0) is 74.3 Å². The monoisotopic (exact) mass is 400 g/mol. The molecule has 7 nitrogen and oxygen atoms in total. The third-order valence-electron chi connectivity index (χ3n) is 5.10. The molecule has 1 aliphatic rings. The smallest absolute Gasteiger partial charge is 0.230 e. The van der Waals surface area contributed by atoms with Crippen molar-refractivity contribution in [3.8, 4) is 17.7 Å². The number of hydrogen-bond acceptors (Lipinski definition) is 7. The van der Waals surface area contributed by atoms with Gasteiger partial charge >= 0.3 is 0 Å². The first-order chi connectivity index (χ1) is 14.5. The Morgan fingerprint density at radius 2 is 1.77 bits per heavy atom. The molecular weight excluding hydrogens is 376 g/mol. The van der Waals surface area contributed by atoms with Gasteiger partial charge in [-0.1, -0.05) is 0 Å². The molecule has 0 bridgehead atoms. The Balaban J connectivity index is 1.73. The Morgan fingerprint density at radius 3 is 2.47 bits per heavy atom. The second-order valence-corrected chi connectivity index (χ2v) is 7.43. The van der Waals surface area contributed by atoms with Gasteiger partial charge in [-0.3, -0.25) is 0 Å². The number of anilines is 3. The maximum absolute atomic E-state index is 8.99. The normalized spacial score (nSPS) is 13.1. The van der Waals surface area contributed by atoms with Crippen LogP contribution in [0.1, 0.15) is 27.9 Å². The van der Waals surface area contributed by atoms with Gasteiger partial charge in [0.15, 0.2) is 0 Å².